The van der Waals surface area contributed by atoms with Crippen LogP contribution in [0.4, 0.5) is 5.69 Å². The molecule has 1 aromatic heterocycles. The van der Waals surface area contributed by atoms with Gasteiger partial charge >= 0.3 is 0 Å². The van der Waals surface area contributed by atoms with Crippen LogP contribution in [-0.4, -0.2) is 28.8 Å². The SMILES string of the molecule is COc1ccc(N(C(=O)c2cnn(C)c2C)[C@@H](C)C2CC2)cc1. The summed E-state index contributed by atoms with van der Waals surface area (Å²) in [6, 6.07) is 7.86. The highest BCUT2D eigenvalue weighted by atomic mass is 16.5. The molecule has 0 bridgehead atoms. The lowest BCUT2D eigenvalue weighted by atomic mass is 10.1. The van der Waals surface area contributed by atoms with E-state index >= 15 is 0 Å². The number of nitrogens with zero attached hydrogens (tertiary/aromatic N) is 3. The maximum absolute atomic E-state index is 13.1. The van der Waals surface area contributed by atoms with Crippen LogP contribution in [0.5, 0.6) is 5.75 Å². The number of carbonyl (C=O) groups excluding carboxylic acids is 1. The number of methoxy groups -OCH3 is 1. The van der Waals surface area contributed by atoms with Crippen molar-refractivity contribution in [2.45, 2.75) is 32.7 Å². The molecule has 23 heavy (non-hydrogen) atoms. The van der Waals surface area contributed by atoms with E-state index in [9.17, 15) is 4.79 Å². The van der Waals surface area contributed by atoms with Gasteiger partial charge in [-0.25, -0.2) is 0 Å². The molecule has 0 aliphatic heterocycles. The quantitative estimate of drug-likeness (QED) is 0.852. The summed E-state index contributed by atoms with van der Waals surface area (Å²) in [6.07, 6.45) is 4.04. The second-order valence-electron chi connectivity index (χ2n) is 6.22. The Hall–Kier alpha value is -2.30. The number of rotatable bonds is 5. The lowest BCUT2D eigenvalue weighted by Gasteiger charge is -2.29. The van der Waals surface area contributed by atoms with Gasteiger partial charge in [0, 0.05) is 24.5 Å². The number of hydrogen-bond donors (Lipinski definition) is 0. The summed E-state index contributed by atoms with van der Waals surface area (Å²) in [5.41, 5.74) is 2.45. The number of anilines is 1. The third-order valence-electron chi connectivity index (χ3n) is 4.75. The van der Waals surface area contributed by atoms with Gasteiger partial charge in [0.05, 0.1) is 18.9 Å². The Morgan fingerprint density at radius 2 is 2.00 bits per heavy atom. The van der Waals surface area contributed by atoms with E-state index in [1.165, 1.54) is 12.8 Å². The second kappa shape index (κ2) is 6.07. The Labute approximate surface area is 136 Å². The Morgan fingerprint density at radius 3 is 2.48 bits per heavy atom. The van der Waals surface area contributed by atoms with Crippen molar-refractivity contribution in [3.63, 3.8) is 0 Å². The van der Waals surface area contributed by atoms with Gasteiger partial charge in [-0.3, -0.25) is 9.48 Å². The van der Waals surface area contributed by atoms with Gasteiger partial charge in [0.1, 0.15) is 5.75 Å². The maximum Gasteiger partial charge on any atom is 0.261 e. The smallest absolute Gasteiger partial charge is 0.261 e. The molecular formula is C18H23N3O2. The van der Waals surface area contributed by atoms with Crippen molar-refractivity contribution < 1.29 is 9.53 Å². The molecule has 5 heteroatoms. The number of ether oxygens (including phenoxy) is 1. The largest absolute Gasteiger partial charge is 0.497 e. The van der Waals surface area contributed by atoms with Gasteiger partial charge in [-0.15, -0.1) is 0 Å². The second-order valence-corrected chi connectivity index (χ2v) is 6.22. The predicted molar refractivity (Wildman–Crippen MR) is 89.9 cm³/mol. The molecule has 1 atom stereocenters. The van der Waals surface area contributed by atoms with E-state index in [0.717, 1.165) is 17.1 Å². The van der Waals surface area contributed by atoms with Crippen LogP contribution in [0.1, 0.15) is 35.8 Å². The minimum atomic E-state index is 0.0140. The van der Waals surface area contributed by atoms with Crippen LogP contribution in [0.15, 0.2) is 30.5 Å². The Kier molecular flexibility index (Phi) is 4.11. The summed E-state index contributed by atoms with van der Waals surface area (Å²) in [5.74, 6) is 1.39. The first-order chi connectivity index (χ1) is 11.0. The maximum atomic E-state index is 13.1. The van der Waals surface area contributed by atoms with Crippen LogP contribution in [-0.2, 0) is 7.05 Å². The van der Waals surface area contributed by atoms with Gasteiger partial charge < -0.3 is 9.64 Å². The highest BCUT2D eigenvalue weighted by Crippen LogP contribution is 2.38. The van der Waals surface area contributed by atoms with Gasteiger partial charge in [-0.05, 0) is 56.9 Å². The fourth-order valence-corrected chi connectivity index (χ4v) is 2.91. The molecule has 5 nitrogen and oxygen atoms in total. The number of benzene rings is 1. The molecule has 3 rings (SSSR count). The van der Waals surface area contributed by atoms with Gasteiger partial charge in [0.25, 0.3) is 5.91 Å². The molecule has 2 aromatic rings. The normalized spacial score (nSPS) is 15.3. The average Bonchev–Trinajstić information content (AvgIpc) is 3.35. The van der Waals surface area contributed by atoms with Gasteiger partial charge in [0.2, 0.25) is 0 Å². The summed E-state index contributed by atoms with van der Waals surface area (Å²) in [5, 5.41) is 4.21. The molecule has 1 aromatic carbocycles. The zero-order valence-corrected chi connectivity index (χ0v) is 14.1. The van der Waals surface area contributed by atoms with Crippen LogP contribution in [0, 0.1) is 12.8 Å². The monoisotopic (exact) mass is 313 g/mol. The number of aromatic nitrogens is 2. The Balaban J connectivity index is 1.97. The summed E-state index contributed by atoms with van der Waals surface area (Å²) < 4.78 is 6.96. The van der Waals surface area contributed by atoms with Gasteiger partial charge in [-0.2, -0.15) is 5.10 Å². The molecule has 1 saturated carbocycles. The number of hydrogen-bond acceptors (Lipinski definition) is 3. The molecule has 1 heterocycles. The van der Waals surface area contributed by atoms with Crippen LogP contribution in [0.2, 0.25) is 0 Å². The molecular weight excluding hydrogens is 290 g/mol. The van der Waals surface area contributed by atoms with Crippen LogP contribution in [0.25, 0.3) is 0 Å². The highest BCUT2D eigenvalue weighted by Gasteiger charge is 2.36. The summed E-state index contributed by atoms with van der Waals surface area (Å²) in [6.45, 7) is 4.06. The van der Waals surface area contributed by atoms with Crippen molar-refractivity contribution in [1.29, 1.82) is 0 Å². The van der Waals surface area contributed by atoms with Crippen LogP contribution in [0.3, 0.4) is 0 Å². The van der Waals surface area contributed by atoms with Crippen molar-refractivity contribution in [3.8, 4) is 5.75 Å². The molecule has 1 fully saturated rings. The summed E-state index contributed by atoms with van der Waals surface area (Å²) in [7, 11) is 3.50. The number of carbonyl (C=O) groups is 1. The Bertz CT molecular complexity index is 702. The fourth-order valence-electron chi connectivity index (χ4n) is 2.91. The topological polar surface area (TPSA) is 47.4 Å². The predicted octanol–water partition coefficient (Wildman–Crippen LogP) is 3.18. The molecule has 0 radical (unpaired) electrons. The van der Waals surface area contributed by atoms with E-state index in [4.69, 9.17) is 4.74 Å². The van der Waals surface area contributed by atoms with E-state index < -0.39 is 0 Å². The molecule has 0 saturated heterocycles. The average molecular weight is 313 g/mol. The van der Waals surface area contributed by atoms with Crippen molar-refractivity contribution in [1.82, 2.24) is 9.78 Å². The third kappa shape index (κ3) is 2.96. The van der Waals surface area contributed by atoms with E-state index in [-0.39, 0.29) is 11.9 Å². The lowest BCUT2D eigenvalue weighted by Crippen LogP contribution is -2.40. The van der Waals surface area contributed by atoms with E-state index in [1.807, 2.05) is 43.1 Å². The fraction of sp³-hybridized carbons (Fsp3) is 0.444. The van der Waals surface area contributed by atoms with Crippen molar-refractivity contribution in [2.24, 2.45) is 13.0 Å². The molecule has 1 amide bonds. The number of amides is 1. The van der Waals surface area contributed by atoms with Crippen molar-refractivity contribution in [3.05, 3.63) is 41.7 Å². The molecule has 0 unspecified atom stereocenters. The minimum absolute atomic E-state index is 0.0140. The minimum Gasteiger partial charge on any atom is -0.497 e. The van der Waals surface area contributed by atoms with Crippen LogP contribution >= 0.6 is 0 Å². The molecule has 0 N–H and O–H groups in total. The standard InChI is InChI=1S/C18H23N3O2/c1-12(14-5-6-14)21(15-7-9-16(23-4)10-8-15)18(22)17-11-19-20(3)13(17)2/h7-12,14H,5-6H2,1-4H3/t12-/m0/s1. The van der Waals surface area contributed by atoms with Gasteiger partial charge in [0.15, 0.2) is 0 Å². The molecule has 0 spiro atoms. The van der Waals surface area contributed by atoms with Gasteiger partial charge in [-0.1, -0.05) is 0 Å². The van der Waals surface area contributed by atoms with E-state index in [1.54, 1.807) is 18.0 Å². The summed E-state index contributed by atoms with van der Waals surface area (Å²) >= 11 is 0. The zero-order chi connectivity index (χ0) is 16.6. The lowest BCUT2D eigenvalue weighted by molar-refractivity contribution is 0.0975. The van der Waals surface area contributed by atoms with E-state index in [2.05, 4.69) is 12.0 Å². The first kappa shape index (κ1) is 15.6. The van der Waals surface area contributed by atoms with Crippen molar-refractivity contribution in [2.75, 3.05) is 12.0 Å². The van der Waals surface area contributed by atoms with E-state index in [0.29, 0.717) is 11.5 Å². The molecule has 1 aliphatic rings. The van der Waals surface area contributed by atoms with Crippen LogP contribution < -0.4 is 9.64 Å². The zero-order valence-electron chi connectivity index (χ0n) is 14.1. The third-order valence-corrected chi connectivity index (χ3v) is 4.75. The Morgan fingerprint density at radius 1 is 1.35 bits per heavy atom. The first-order valence-corrected chi connectivity index (χ1v) is 7.99. The molecule has 122 valence electrons. The summed E-state index contributed by atoms with van der Waals surface area (Å²) in [4.78, 5) is 15.1. The first-order valence-electron chi connectivity index (χ1n) is 7.99. The highest BCUT2D eigenvalue weighted by molar-refractivity contribution is 6.07. The van der Waals surface area contributed by atoms with Crippen molar-refractivity contribution >= 4 is 11.6 Å². The number of aryl methyl sites for hydroxylation is 1. The molecule has 1 aliphatic carbocycles.